The van der Waals surface area contributed by atoms with Crippen LogP contribution in [0.15, 0.2) is 18.2 Å². The van der Waals surface area contributed by atoms with E-state index >= 15 is 0 Å². The quantitative estimate of drug-likeness (QED) is 0.859. The fraction of sp³-hybridized carbons (Fsp3) is 0.579. The number of benzene rings is 1. The van der Waals surface area contributed by atoms with Gasteiger partial charge in [-0.3, -0.25) is 9.59 Å². The predicted molar refractivity (Wildman–Crippen MR) is 93.4 cm³/mol. The summed E-state index contributed by atoms with van der Waals surface area (Å²) in [6.07, 6.45) is 6.78. The molecule has 0 saturated heterocycles. The molecule has 0 unspecified atom stereocenters. The third-order valence-corrected chi connectivity index (χ3v) is 4.73. The normalized spacial score (nSPS) is 15.8. The van der Waals surface area contributed by atoms with E-state index in [0.29, 0.717) is 0 Å². The Labute approximate surface area is 139 Å². The lowest BCUT2D eigenvalue weighted by Crippen LogP contribution is -2.43. The Balaban J connectivity index is 2.04. The number of carbonyl (C=O) groups is 2. The zero-order chi connectivity index (χ0) is 16.8. The molecule has 1 N–H and O–H groups in total. The maximum absolute atomic E-state index is 12.5. The Kier molecular flexibility index (Phi) is 6.20. The second kappa shape index (κ2) is 8.14. The average molecular weight is 316 g/mol. The van der Waals surface area contributed by atoms with Crippen LogP contribution in [-0.2, 0) is 9.59 Å². The number of rotatable bonds is 4. The first-order valence-corrected chi connectivity index (χ1v) is 8.62. The molecule has 0 aromatic heterocycles. The van der Waals surface area contributed by atoms with Gasteiger partial charge in [-0.25, -0.2) is 0 Å². The summed E-state index contributed by atoms with van der Waals surface area (Å²) in [5.41, 5.74) is 2.95. The first-order valence-electron chi connectivity index (χ1n) is 8.62. The molecule has 0 spiro atoms. The van der Waals surface area contributed by atoms with Crippen molar-refractivity contribution in [3.8, 4) is 0 Å². The van der Waals surface area contributed by atoms with Crippen molar-refractivity contribution in [3.05, 3.63) is 29.3 Å². The summed E-state index contributed by atoms with van der Waals surface area (Å²) in [5.74, 6) is -0.115. The molecule has 1 saturated carbocycles. The summed E-state index contributed by atoms with van der Waals surface area (Å²) in [6, 6.07) is 6.15. The minimum absolute atomic E-state index is 0.00597. The molecule has 0 aliphatic heterocycles. The summed E-state index contributed by atoms with van der Waals surface area (Å²) in [7, 11) is 0. The smallest absolute Gasteiger partial charge is 0.244 e. The number of carbonyl (C=O) groups excluding carboxylic acids is 2. The predicted octanol–water partition coefficient (Wildman–Crippen LogP) is 3.81. The zero-order valence-electron chi connectivity index (χ0n) is 14.5. The van der Waals surface area contributed by atoms with E-state index in [1.807, 2.05) is 32.0 Å². The number of anilines is 1. The highest BCUT2D eigenvalue weighted by molar-refractivity contribution is 5.95. The number of para-hydroxylation sites is 1. The molecule has 1 fully saturated rings. The maximum atomic E-state index is 12.5. The van der Waals surface area contributed by atoms with Gasteiger partial charge in [0.1, 0.15) is 6.54 Å². The van der Waals surface area contributed by atoms with Gasteiger partial charge in [0.15, 0.2) is 0 Å². The molecule has 0 radical (unpaired) electrons. The van der Waals surface area contributed by atoms with E-state index in [9.17, 15) is 9.59 Å². The van der Waals surface area contributed by atoms with Crippen molar-refractivity contribution in [3.63, 3.8) is 0 Å². The molecule has 0 bridgehead atoms. The van der Waals surface area contributed by atoms with E-state index in [2.05, 4.69) is 5.32 Å². The second-order valence-electron chi connectivity index (χ2n) is 6.61. The molecule has 1 aromatic rings. The largest absolute Gasteiger partial charge is 0.331 e. The zero-order valence-corrected chi connectivity index (χ0v) is 14.5. The Morgan fingerprint density at radius 3 is 2.17 bits per heavy atom. The van der Waals surface area contributed by atoms with E-state index in [1.165, 1.54) is 12.8 Å². The average Bonchev–Trinajstić information content (AvgIpc) is 2.77. The number of hydrogen-bond donors (Lipinski definition) is 1. The molecule has 4 nitrogen and oxygen atoms in total. The van der Waals surface area contributed by atoms with E-state index < -0.39 is 0 Å². The van der Waals surface area contributed by atoms with Crippen molar-refractivity contribution in [2.24, 2.45) is 0 Å². The molecule has 0 heterocycles. The Morgan fingerprint density at radius 1 is 1.09 bits per heavy atom. The van der Waals surface area contributed by atoms with Crippen molar-refractivity contribution in [1.82, 2.24) is 4.90 Å². The third kappa shape index (κ3) is 4.81. The van der Waals surface area contributed by atoms with Crippen molar-refractivity contribution in [2.45, 2.75) is 65.3 Å². The van der Waals surface area contributed by atoms with Crippen LogP contribution < -0.4 is 5.32 Å². The van der Waals surface area contributed by atoms with Crippen molar-refractivity contribution in [1.29, 1.82) is 0 Å². The fourth-order valence-electron chi connectivity index (χ4n) is 3.41. The van der Waals surface area contributed by atoms with Crippen LogP contribution in [0, 0.1) is 13.8 Å². The van der Waals surface area contributed by atoms with Crippen LogP contribution in [0.25, 0.3) is 0 Å². The van der Waals surface area contributed by atoms with Crippen molar-refractivity contribution < 1.29 is 9.59 Å². The summed E-state index contributed by atoms with van der Waals surface area (Å²) in [6.45, 7) is 5.68. The summed E-state index contributed by atoms with van der Waals surface area (Å²) >= 11 is 0. The van der Waals surface area contributed by atoms with Crippen LogP contribution in [0.1, 0.15) is 56.6 Å². The second-order valence-corrected chi connectivity index (χ2v) is 6.61. The molecule has 2 amide bonds. The first kappa shape index (κ1) is 17.5. The number of nitrogens with zero attached hydrogens (tertiary/aromatic N) is 1. The Morgan fingerprint density at radius 2 is 1.65 bits per heavy atom. The molecule has 2 rings (SSSR count). The van der Waals surface area contributed by atoms with Gasteiger partial charge in [0, 0.05) is 18.7 Å². The molecule has 126 valence electrons. The minimum Gasteiger partial charge on any atom is -0.331 e. The van der Waals surface area contributed by atoms with Gasteiger partial charge in [0.2, 0.25) is 11.8 Å². The van der Waals surface area contributed by atoms with E-state index in [1.54, 1.807) is 11.8 Å². The van der Waals surface area contributed by atoms with E-state index in [-0.39, 0.29) is 24.4 Å². The summed E-state index contributed by atoms with van der Waals surface area (Å²) in [4.78, 5) is 26.2. The molecule has 4 heteroatoms. The number of nitrogens with one attached hydrogen (secondary N) is 1. The molecule has 23 heavy (non-hydrogen) atoms. The molecule has 1 aromatic carbocycles. The molecule has 1 aliphatic carbocycles. The highest BCUT2D eigenvalue weighted by atomic mass is 16.2. The molecule has 1 aliphatic rings. The van der Waals surface area contributed by atoms with Crippen LogP contribution in [0.3, 0.4) is 0 Å². The van der Waals surface area contributed by atoms with Gasteiger partial charge in [-0.05, 0) is 37.8 Å². The lowest BCUT2D eigenvalue weighted by Gasteiger charge is -2.30. The van der Waals surface area contributed by atoms with Crippen LogP contribution in [0.2, 0.25) is 0 Å². The fourth-order valence-corrected chi connectivity index (χ4v) is 3.41. The third-order valence-electron chi connectivity index (χ3n) is 4.73. The highest BCUT2D eigenvalue weighted by Crippen LogP contribution is 2.23. The van der Waals surface area contributed by atoms with Crippen LogP contribution in [0.5, 0.6) is 0 Å². The van der Waals surface area contributed by atoms with Gasteiger partial charge in [-0.15, -0.1) is 0 Å². The van der Waals surface area contributed by atoms with Gasteiger partial charge in [0.25, 0.3) is 0 Å². The molecular weight excluding hydrogens is 288 g/mol. The van der Waals surface area contributed by atoms with Gasteiger partial charge < -0.3 is 10.2 Å². The summed E-state index contributed by atoms with van der Waals surface area (Å²) in [5, 5.41) is 2.99. The summed E-state index contributed by atoms with van der Waals surface area (Å²) < 4.78 is 0. The van der Waals surface area contributed by atoms with Gasteiger partial charge in [-0.1, -0.05) is 43.9 Å². The standard InChI is InChI=1S/C19H28N2O2/c1-14-9-8-10-15(2)19(14)20-18(23)13-21(16(3)22)17-11-6-4-5-7-12-17/h8-10,17H,4-7,11-13H2,1-3H3,(H,20,23). The monoisotopic (exact) mass is 316 g/mol. The molecule has 0 atom stereocenters. The lowest BCUT2D eigenvalue weighted by molar-refractivity contribution is -0.135. The van der Waals surface area contributed by atoms with Gasteiger partial charge >= 0.3 is 0 Å². The van der Waals surface area contributed by atoms with Gasteiger partial charge in [-0.2, -0.15) is 0 Å². The van der Waals surface area contributed by atoms with Gasteiger partial charge in [0.05, 0.1) is 0 Å². The van der Waals surface area contributed by atoms with Crippen LogP contribution >= 0.6 is 0 Å². The number of aryl methyl sites for hydroxylation is 2. The SMILES string of the molecule is CC(=O)N(CC(=O)Nc1c(C)cccc1C)C1CCCCCC1. The van der Waals surface area contributed by atoms with Crippen molar-refractivity contribution in [2.75, 3.05) is 11.9 Å². The Bertz CT molecular complexity index is 540. The maximum Gasteiger partial charge on any atom is 0.244 e. The van der Waals surface area contributed by atoms with E-state index in [0.717, 1.165) is 42.5 Å². The number of amides is 2. The van der Waals surface area contributed by atoms with Crippen molar-refractivity contribution >= 4 is 17.5 Å². The van der Waals surface area contributed by atoms with Crippen LogP contribution in [0.4, 0.5) is 5.69 Å². The Hall–Kier alpha value is -1.84. The minimum atomic E-state index is -0.109. The topological polar surface area (TPSA) is 49.4 Å². The lowest BCUT2D eigenvalue weighted by atomic mass is 10.1. The number of hydrogen-bond acceptors (Lipinski definition) is 2. The van der Waals surface area contributed by atoms with E-state index in [4.69, 9.17) is 0 Å². The highest BCUT2D eigenvalue weighted by Gasteiger charge is 2.24. The van der Waals surface area contributed by atoms with Crippen LogP contribution in [-0.4, -0.2) is 29.3 Å². The molecular formula is C19H28N2O2. The first-order chi connectivity index (χ1) is 11.0.